The second-order valence-electron chi connectivity index (χ2n) is 5.90. The summed E-state index contributed by atoms with van der Waals surface area (Å²) < 4.78 is 2.06. The van der Waals surface area contributed by atoms with Crippen molar-refractivity contribution < 1.29 is 0 Å². The summed E-state index contributed by atoms with van der Waals surface area (Å²) in [4.78, 5) is 2.16. The van der Waals surface area contributed by atoms with Gasteiger partial charge in [0.25, 0.3) is 0 Å². The molecule has 5 heteroatoms. The van der Waals surface area contributed by atoms with Gasteiger partial charge in [-0.3, -0.25) is 4.68 Å². The van der Waals surface area contributed by atoms with Gasteiger partial charge >= 0.3 is 0 Å². The number of hydrogen-bond acceptors (Lipinski definition) is 3. The van der Waals surface area contributed by atoms with E-state index in [0.717, 1.165) is 31.1 Å². The van der Waals surface area contributed by atoms with Crippen molar-refractivity contribution in [3.63, 3.8) is 0 Å². The Morgan fingerprint density at radius 2 is 2.10 bits per heavy atom. The molecule has 1 heterocycles. The summed E-state index contributed by atoms with van der Waals surface area (Å²) in [5, 5.41) is 8.74. The highest BCUT2D eigenvalue weighted by molar-refractivity contribution is 6.31. The van der Waals surface area contributed by atoms with Gasteiger partial charge in [-0.05, 0) is 40.4 Å². The average molecular weight is 301 g/mol. The fourth-order valence-electron chi connectivity index (χ4n) is 2.45. The molecule has 1 aromatic heterocycles. The third-order valence-corrected chi connectivity index (χ3v) is 3.80. The van der Waals surface area contributed by atoms with E-state index in [2.05, 4.69) is 54.9 Å². The molecule has 0 aliphatic heterocycles. The number of hydrogen-bond donors (Lipinski definition) is 1. The summed E-state index contributed by atoms with van der Waals surface area (Å²) in [6, 6.07) is 0.498. The molecule has 0 saturated carbocycles. The number of aromatic nitrogens is 2. The molecule has 0 spiro atoms. The van der Waals surface area contributed by atoms with Crippen LogP contribution in [0.25, 0.3) is 0 Å². The van der Waals surface area contributed by atoms with E-state index < -0.39 is 0 Å². The van der Waals surface area contributed by atoms with E-state index in [4.69, 9.17) is 11.6 Å². The third kappa shape index (κ3) is 5.43. The van der Waals surface area contributed by atoms with Crippen molar-refractivity contribution in [1.29, 1.82) is 0 Å². The summed E-state index contributed by atoms with van der Waals surface area (Å²) in [6.45, 7) is 9.59. The Labute approximate surface area is 128 Å². The van der Waals surface area contributed by atoms with Gasteiger partial charge in [0.05, 0.1) is 23.5 Å². The first kappa shape index (κ1) is 17.5. The maximum atomic E-state index is 6.33. The van der Waals surface area contributed by atoms with Crippen molar-refractivity contribution in [2.24, 2.45) is 0 Å². The minimum Gasteiger partial charge on any atom is -0.314 e. The quantitative estimate of drug-likeness (QED) is 0.761. The molecule has 1 N–H and O–H groups in total. The van der Waals surface area contributed by atoms with Crippen LogP contribution in [0.1, 0.15) is 45.2 Å². The SMILES string of the molecule is CCCNC(C)CC(C)c1c(Cl)cnn1CCN(C)C. The van der Waals surface area contributed by atoms with E-state index in [1.54, 1.807) is 6.20 Å². The molecular formula is C15H29ClN4. The van der Waals surface area contributed by atoms with E-state index in [9.17, 15) is 0 Å². The van der Waals surface area contributed by atoms with Gasteiger partial charge in [-0.25, -0.2) is 0 Å². The van der Waals surface area contributed by atoms with Gasteiger partial charge in [0, 0.05) is 18.5 Å². The first-order valence-corrected chi connectivity index (χ1v) is 7.92. The Morgan fingerprint density at radius 3 is 2.70 bits per heavy atom. The van der Waals surface area contributed by atoms with Crippen LogP contribution in [-0.4, -0.2) is 47.9 Å². The van der Waals surface area contributed by atoms with Crippen LogP contribution in [0.2, 0.25) is 5.02 Å². The summed E-state index contributed by atoms with van der Waals surface area (Å²) in [5.74, 6) is 0.409. The lowest BCUT2D eigenvalue weighted by atomic mass is 9.99. The van der Waals surface area contributed by atoms with Gasteiger partial charge in [-0.1, -0.05) is 25.4 Å². The molecule has 0 aliphatic rings. The minimum absolute atomic E-state index is 0.409. The van der Waals surface area contributed by atoms with Crippen LogP contribution >= 0.6 is 11.6 Å². The molecule has 0 fully saturated rings. The van der Waals surface area contributed by atoms with Crippen molar-refractivity contribution >= 4 is 11.6 Å². The van der Waals surface area contributed by atoms with Crippen LogP contribution < -0.4 is 5.32 Å². The average Bonchev–Trinajstić information content (AvgIpc) is 2.75. The predicted octanol–water partition coefficient (Wildman–Crippen LogP) is 2.98. The molecule has 0 radical (unpaired) electrons. The predicted molar refractivity (Wildman–Crippen MR) is 86.6 cm³/mol. The monoisotopic (exact) mass is 300 g/mol. The fourth-order valence-corrected chi connectivity index (χ4v) is 2.78. The van der Waals surface area contributed by atoms with Crippen LogP contribution in [0.5, 0.6) is 0 Å². The Hall–Kier alpha value is -0.580. The maximum Gasteiger partial charge on any atom is 0.0820 e. The van der Waals surface area contributed by atoms with E-state index >= 15 is 0 Å². The number of nitrogens with zero attached hydrogens (tertiary/aromatic N) is 3. The number of halogens is 1. The zero-order chi connectivity index (χ0) is 15.1. The maximum absolute atomic E-state index is 6.33. The smallest absolute Gasteiger partial charge is 0.0820 e. The lowest BCUT2D eigenvalue weighted by Gasteiger charge is -2.20. The Morgan fingerprint density at radius 1 is 1.40 bits per heavy atom. The van der Waals surface area contributed by atoms with Crippen molar-refractivity contribution in [3.8, 4) is 0 Å². The van der Waals surface area contributed by atoms with Gasteiger partial charge in [0.1, 0.15) is 0 Å². The largest absolute Gasteiger partial charge is 0.314 e. The molecular weight excluding hydrogens is 272 g/mol. The topological polar surface area (TPSA) is 33.1 Å². The first-order valence-electron chi connectivity index (χ1n) is 7.55. The molecule has 1 aromatic rings. The van der Waals surface area contributed by atoms with E-state index in [1.807, 2.05) is 0 Å². The highest BCUT2D eigenvalue weighted by atomic mass is 35.5. The van der Waals surface area contributed by atoms with E-state index in [-0.39, 0.29) is 0 Å². The number of rotatable bonds is 9. The van der Waals surface area contributed by atoms with Crippen molar-refractivity contribution in [2.75, 3.05) is 27.2 Å². The Kier molecular flexibility index (Phi) is 7.56. The number of nitrogens with one attached hydrogen (secondary N) is 1. The zero-order valence-corrected chi connectivity index (χ0v) is 14.2. The lowest BCUT2D eigenvalue weighted by Crippen LogP contribution is -2.29. The Bertz CT molecular complexity index is 389. The molecule has 0 bridgehead atoms. The summed E-state index contributed by atoms with van der Waals surface area (Å²) in [6.07, 6.45) is 4.01. The van der Waals surface area contributed by atoms with Crippen LogP contribution in [-0.2, 0) is 6.54 Å². The van der Waals surface area contributed by atoms with Crippen LogP contribution in [0, 0.1) is 0 Å². The molecule has 116 valence electrons. The normalized spacial score (nSPS) is 14.8. The molecule has 4 nitrogen and oxygen atoms in total. The van der Waals surface area contributed by atoms with Crippen LogP contribution in [0.15, 0.2) is 6.20 Å². The molecule has 0 amide bonds. The van der Waals surface area contributed by atoms with Gasteiger partial charge in [-0.15, -0.1) is 0 Å². The molecule has 0 aromatic carbocycles. The van der Waals surface area contributed by atoms with E-state index in [0.29, 0.717) is 12.0 Å². The summed E-state index contributed by atoms with van der Waals surface area (Å²) in [7, 11) is 4.15. The third-order valence-electron chi connectivity index (χ3n) is 3.51. The summed E-state index contributed by atoms with van der Waals surface area (Å²) >= 11 is 6.33. The van der Waals surface area contributed by atoms with E-state index in [1.165, 1.54) is 12.1 Å². The summed E-state index contributed by atoms with van der Waals surface area (Å²) in [5.41, 5.74) is 1.17. The second kappa shape index (κ2) is 8.65. The standard InChI is InChI=1S/C15H29ClN4/c1-6-7-17-13(3)10-12(2)15-14(16)11-18-20(15)9-8-19(4)5/h11-13,17H,6-10H2,1-5H3. The van der Waals surface area contributed by atoms with Gasteiger partial charge in [0.2, 0.25) is 0 Å². The number of likely N-dealkylation sites (N-methyl/N-ethyl adjacent to an activating group) is 1. The molecule has 1 rings (SSSR count). The van der Waals surface area contributed by atoms with Gasteiger partial charge in [0.15, 0.2) is 0 Å². The minimum atomic E-state index is 0.409. The first-order chi connectivity index (χ1) is 9.45. The highest BCUT2D eigenvalue weighted by Gasteiger charge is 2.18. The lowest BCUT2D eigenvalue weighted by molar-refractivity contribution is 0.363. The molecule has 2 unspecified atom stereocenters. The zero-order valence-electron chi connectivity index (χ0n) is 13.5. The fraction of sp³-hybridized carbons (Fsp3) is 0.800. The van der Waals surface area contributed by atoms with Crippen molar-refractivity contribution in [2.45, 2.75) is 52.1 Å². The van der Waals surface area contributed by atoms with Gasteiger partial charge < -0.3 is 10.2 Å². The van der Waals surface area contributed by atoms with Crippen LogP contribution in [0.3, 0.4) is 0 Å². The van der Waals surface area contributed by atoms with Crippen molar-refractivity contribution in [3.05, 3.63) is 16.9 Å². The second-order valence-corrected chi connectivity index (χ2v) is 6.30. The van der Waals surface area contributed by atoms with Crippen molar-refractivity contribution in [1.82, 2.24) is 20.0 Å². The molecule has 0 saturated heterocycles. The Balaban J connectivity index is 2.66. The molecule has 2 atom stereocenters. The molecule has 0 aliphatic carbocycles. The van der Waals surface area contributed by atoms with Gasteiger partial charge in [-0.2, -0.15) is 5.10 Å². The van der Waals surface area contributed by atoms with Crippen LogP contribution in [0.4, 0.5) is 0 Å². The highest BCUT2D eigenvalue weighted by Crippen LogP contribution is 2.27. The molecule has 20 heavy (non-hydrogen) atoms.